The van der Waals surface area contributed by atoms with E-state index in [1.54, 1.807) is 0 Å². The SMILES string of the molecule is C/C(CCc1ccccc1)=N\N=C(/C)CCc1ccccc1. The first-order valence-corrected chi connectivity index (χ1v) is 7.88. The average molecular weight is 292 g/mol. The number of nitrogens with zero attached hydrogens (tertiary/aromatic N) is 2. The molecule has 0 spiro atoms. The molecule has 0 amide bonds. The van der Waals surface area contributed by atoms with Gasteiger partial charge in [-0.3, -0.25) is 0 Å². The Labute approximate surface area is 133 Å². The molecule has 0 heterocycles. The van der Waals surface area contributed by atoms with Crippen molar-refractivity contribution in [1.82, 2.24) is 0 Å². The molecule has 0 saturated carbocycles. The first-order valence-electron chi connectivity index (χ1n) is 7.88. The van der Waals surface area contributed by atoms with Gasteiger partial charge in [0, 0.05) is 11.4 Å². The van der Waals surface area contributed by atoms with Gasteiger partial charge in [0.15, 0.2) is 0 Å². The molecule has 2 aromatic carbocycles. The smallest absolute Gasteiger partial charge is 0.0378 e. The zero-order chi connectivity index (χ0) is 15.6. The van der Waals surface area contributed by atoms with Crippen molar-refractivity contribution in [2.45, 2.75) is 39.5 Å². The minimum Gasteiger partial charge on any atom is -0.160 e. The van der Waals surface area contributed by atoms with E-state index in [9.17, 15) is 0 Å². The zero-order valence-electron chi connectivity index (χ0n) is 13.5. The summed E-state index contributed by atoms with van der Waals surface area (Å²) in [5, 5.41) is 8.71. The zero-order valence-corrected chi connectivity index (χ0v) is 13.5. The summed E-state index contributed by atoms with van der Waals surface area (Å²) < 4.78 is 0. The van der Waals surface area contributed by atoms with Crippen LogP contribution in [0.15, 0.2) is 70.9 Å². The van der Waals surface area contributed by atoms with Crippen LogP contribution in [-0.2, 0) is 12.8 Å². The molecular formula is C20H24N2. The predicted molar refractivity (Wildman–Crippen MR) is 95.7 cm³/mol. The Hall–Kier alpha value is -2.22. The maximum absolute atomic E-state index is 4.36. The summed E-state index contributed by atoms with van der Waals surface area (Å²) in [6, 6.07) is 21.0. The summed E-state index contributed by atoms with van der Waals surface area (Å²) >= 11 is 0. The standard InChI is InChI=1S/C20H24N2/c1-17(13-15-19-9-5-3-6-10-19)21-22-18(2)14-16-20-11-7-4-8-12-20/h3-12H,13-16H2,1-2H3/b21-17+,22-18+. The molecule has 2 heteroatoms. The van der Waals surface area contributed by atoms with Crippen molar-refractivity contribution in [3.05, 3.63) is 71.8 Å². The molecule has 0 aliphatic rings. The van der Waals surface area contributed by atoms with E-state index in [1.807, 2.05) is 12.1 Å². The first kappa shape index (κ1) is 16.2. The Bertz CT molecular complexity index is 555. The van der Waals surface area contributed by atoms with Crippen molar-refractivity contribution in [2.24, 2.45) is 10.2 Å². The molecule has 0 radical (unpaired) electrons. The van der Waals surface area contributed by atoms with Crippen molar-refractivity contribution >= 4 is 11.4 Å². The summed E-state index contributed by atoms with van der Waals surface area (Å²) in [4.78, 5) is 0. The number of hydrogen-bond acceptors (Lipinski definition) is 2. The minimum absolute atomic E-state index is 0.958. The fourth-order valence-corrected chi connectivity index (χ4v) is 2.21. The van der Waals surface area contributed by atoms with Crippen LogP contribution in [0.2, 0.25) is 0 Å². The van der Waals surface area contributed by atoms with Crippen LogP contribution in [0.1, 0.15) is 37.8 Å². The summed E-state index contributed by atoms with van der Waals surface area (Å²) in [6.45, 7) is 4.10. The summed E-state index contributed by atoms with van der Waals surface area (Å²) in [5.74, 6) is 0. The van der Waals surface area contributed by atoms with Gasteiger partial charge in [0.2, 0.25) is 0 Å². The van der Waals surface area contributed by atoms with E-state index < -0.39 is 0 Å². The Morgan fingerprint density at radius 1 is 0.636 bits per heavy atom. The Kier molecular flexibility index (Phi) is 6.56. The maximum Gasteiger partial charge on any atom is 0.0378 e. The summed E-state index contributed by atoms with van der Waals surface area (Å²) in [5.41, 5.74) is 4.87. The second-order valence-corrected chi connectivity index (χ2v) is 5.64. The Morgan fingerprint density at radius 2 is 1.00 bits per heavy atom. The van der Waals surface area contributed by atoms with E-state index in [0.29, 0.717) is 0 Å². The van der Waals surface area contributed by atoms with Crippen LogP contribution in [0.4, 0.5) is 0 Å². The first-order chi connectivity index (χ1) is 10.7. The predicted octanol–water partition coefficient (Wildman–Crippen LogP) is 5.09. The number of benzene rings is 2. The van der Waals surface area contributed by atoms with Crippen molar-refractivity contribution < 1.29 is 0 Å². The Morgan fingerprint density at radius 3 is 1.36 bits per heavy atom. The van der Waals surface area contributed by atoms with Crippen molar-refractivity contribution in [2.75, 3.05) is 0 Å². The largest absolute Gasteiger partial charge is 0.160 e. The average Bonchev–Trinajstić information content (AvgIpc) is 2.58. The van der Waals surface area contributed by atoms with Crippen LogP contribution in [0.25, 0.3) is 0 Å². The van der Waals surface area contributed by atoms with Crippen LogP contribution in [0, 0.1) is 0 Å². The maximum atomic E-state index is 4.36. The van der Waals surface area contributed by atoms with Crippen LogP contribution < -0.4 is 0 Å². The highest BCUT2D eigenvalue weighted by Crippen LogP contribution is 2.05. The quantitative estimate of drug-likeness (QED) is 0.501. The molecule has 0 bridgehead atoms. The molecule has 0 aliphatic heterocycles. The molecule has 0 aliphatic carbocycles. The van der Waals surface area contributed by atoms with Crippen LogP contribution >= 0.6 is 0 Å². The molecule has 0 aromatic heterocycles. The highest BCUT2D eigenvalue weighted by molar-refractivity contribution is 5.85. The molecule has 0 N–H and O–H groups in total. The normalized spacial score (nSPS) is 12.5. The van der Waals surface area contributed by atoms with Gasteiger partial charge in [0.05, 0.1) is 0 Å². The van der Waals surface area contributed by atoms with Crippen molar-refractivity contribution in [3.8, 4) is 0 Å². The van der Waals surface area contributed by atoms with E-state index >= 15 is 0 Å². The fraction of sp³-hybridized carbons (Fsp3) is 0.300. The van der Waals surface area contributed by atoms with Gasteiger partial charge in [-0.2, -0.15) is 10.2 Å². The fourth-order valence-electron chi connectivity index (χ4n) is 2.21. The van der Waals surface area contributed by atoms with Gasteiger partial charge < -0.3 is 0 Å². The number of hydrogen-bond donors (Lipinski definition) is 0. The van der Waals surface area contributed by atoms with Gasteiger partial charge in [-0.15, -0.1) is 0 Å². The van der Waals surface area contributed by atoms with Gasteiger partial charge >= 0.3 is 0 Å². The van der Waals surface area contributed by atoms with E-state index in [0.717, 1.165) is 37.1 Å². The highest BCUT2D eigenvalue weighted by Gasteiger charge is 1.97. The van der Waals surface area contributed by atoms with Crippen LogP contribution in [0.5, 0.6) is 0 Å². The third-order valence-electron chi connectivity index (χ3n) is 3.63. The van der Waals surface area contributed by atoms with Crippen molar-refractivity contribution in [3.63, 3.8) is 0 Å². The Balaban J connectivity index is 1.78. The number of rotatable bonds is 7. The van der Waals surface area contributed by atoms with E-state index in [2.05, 4.69) is 72.6 Å². The van der Waals surface area contributed by atoms with Gasteiger partial charge in [0.1, 0.15) is 0 Å². The molecule has 0 unspecified atom stereocenters. The summed E-state index contributed by atoms with van der Waals surface area (Å²) in [6.07, 6.45) is 3.96. The molecule has 0 saturated heterocycles. The van der Waals surface area contributed by atoms with E-state index in [-0.39, 0.29) is 0 Å². The molecule has 2 aromatic rings. The molecule has 2 rings (SSSR count). The second-order valence-electron chi connectivity index (χ2n) is 5.64. The van der Waals surface area contributed by atoms with E-state index in [4.69, 9.17) is 0 Å². The molecular weight excluding hydrogens is 268 g/mol. The lowest BCUT2D eigenvalue weighted by molar-refractivity contribution is 0.996. The van der Waals surface area contributed by atoms with Gasteiger partial charge in [-0.25, -0.2) is 0 Å². The monoisotopic (exact) mass is 292 g/mol. The lowest BCUT2D eigenvalue weighted by Gasteiger charge is -2.01. The van der Waals surface area contributed by atoms with Gasteiger partial charge in [-0.1, -0.05) is 60.7 Å². The topological polar surface area (TPSA) is 24.7 Å². The third-order valence-corrected chi connectivity index (χ3v) is 3.63. The molecule has 0 fully saturated rings. The third kappa shape index (κ3) is 6.04. The molecule has 22 heavy (non-hydrogen) atoms. The minimum atomic E-state index is 0.958. The molecule has 114 valence electrons. The van der Waals surface area contributed by atoms with E-state index in [1.165, 1.54) is 11.1 Å². The van der Waals surface area contributed by atoms with Crippen LogP contribution in [-0.4, -0.2) is 11.4 Å². The lowest BCUT2D eigenvalue weighted by Crippen LogP contribution is -1.97. The molecule has 2 nitrogen and oxygen atoms in total. The van der Waals surface area contributed by atoms with Crippen LogP contribution in [0.3, 0.4) is 0 Å². The van der Waals surface area contributed by atoms with Crippen molar-refractivity contribution in [1.29, 1.82) is 0 Å². The van der Waals surface area contributed by atoms with Gasteiger partial charge in [-0.05, 0) is 50.7 Å². The number of aryl methyl sites for hydroxylation is 2. The lowest BCUT2D eigenvalue weighted by atomic mass is 10.1. The van der Waals surface area contributed by atoms with Gasteiger partial charge in [0.25, 0.3) is 0 Å². The highest BCUT2D eigenvalue weighted by atomic mass is 15.2. The summed E-state index contributed by atoms with van der Waals surface area (Å²) in [7, 11) is 0. The molecule has 0 atom stereocenters. The second kappa shape index (κ2) is 8.93.